The van der Waals surface area contributed by atoms with Gasteiger partial charge in [0.2, 0.25) is 0 Å². The van der Waals surface area contributed by atoms with Gasteiger partial charge < -0.3 is 14.6 Å². The Labute approximate surface area is 165 Å². The monoisotopic (exact) mass is 391 g/mol. The van der Waals surface area contributed by atoms with Crippen molar-refractivity contribution in [1.82, 2.24) is 9.88 Å². The van der Waals surface area contributed by atoms with Gasteiger partial charge in [-0.3, -0.25) is 9.59 Å². The van der Waals surface area contributed by atoms with Crippen LogP contribution in [0.15, 0.2) is 70.7 Å². The molecule has 0 bridgehead atoms. The van der Waals surface area contributed by atoms with Crippen LogP contribution < -0.4 is 5.32 Å². The van der Waals surface area contributed by atoms with Crippen LogP contribution in [0.4, 0.5) is 5.69 Å². The minimum Gasteiger partial charge on any atom is -0.468 e. The molecule has 28 heavy (non-hydrogen) atoms. The molecule has 2 aromatic carbocycles. The number of thioether (sulfide) groups is 1. The SMILES string of the molecule is COC(=O)Cn1cc(C=C2SC(=Nc3ccccc3)NC2=O)c2ccccc21. The number of carbonyl (C=O) groups excluding carboxylic acids is 2. The fraction of sp³-hybridized carbons (Fsp3) is 0.0952. The molecule has 1 saturated heterocycles. The van der Waals surface area contributed by atoms with Gasteiger partial charge in [0.1, 0.15) is 6.54 Å². The van der Waals surface area contributed by atoms with E-state index in [0.29, 0.717) is 10.1 Å². The van der Waals surface area contributed by atoms with E-state index >= 15 is 0 Å². The van der Waals surface area contributed by atoms with Crippen molar-refractivity contribution < 1.29 is 14.3 Å². The molecule has 7 heteroatoms. The van der Waals surface area contributed by atoms with Crippen molar-refractivity contribution in [2.45, 2.75) is 6.54 Å². The summed E-state index contributed by atoms with van der Waals surface area (Å²) >= 11 is 1.29. The third kappa shape index (κ3) is 3.70. The van der Waals surface area contributed by atoms with E-state index in [0.717, 1.165) is 22.2 Å². The van der Waals surface area contributed by atoms with Gasteiger partial charge in [0, 0.05) is 22.7 Å². The Bertz CT molecular complexity index is 1120. The molecule has 1 aromatic heterocycles. The summed E-state index contributed by atoms with van der Waals surface area (Å²) in [6, 6.07) is 17.2. The summed E-state index contributed by atoms with van der Waals surface area (Å²) in [5.74, 6) is -0.519. The van der Waals surface area contributed by atoms with Gasteiger partial charge in [0.05, 0.1) is 17.7 Å². The summed E-state index contributed by atoms with van der Waals surface area (Å²) in [4.78, 5) is 29.1. The maximum absolute atomic E-state index is 12.4. The third-order valence-corrected chi connectivity index (χ3v) is 5.18. The van der Waals surface area contributed by atoms with E-state index in [1.807, 2.05) is 71.4 Å². The molecular formula is C21H17N3O3S. The maximum Gasteiger partial charge on any atom is 0.325 e. The number of fused-ring (bicyclic) bond motifs is 1. The van der Waals surface area contributed by atoms with Crippen LogP contribution >= 0.6 is 11.8 Å². The van der Waals surface area contributed by atoms with Crippen LogP contribution in [0, 0.1) is 0 Å². The molecule has 6 nitrogen and oxygen atoms in total. The Morgan fingerprint density at radius 3 is 2.71 bits per heavy atom. The number of esters is 1. The van der Waals surface area contributed by atoms with E-state index in [-0.39, 0.29) is 18.4 Å². The molecule has 0 atom stereocenters. The van der Waals surface area contributed by atoms with Crippen molar-refractivity contribution >= 4 is 51.5 Å². The van der Waals surface area contributed by atoms with Gasteiger partial charge in [-0.05, 0) is 36.0 Å². The molecule has 3 aromatic rings. The Hall–Kier alpha value is -3.32. The quantitative estimate of drug-likeness (QED) is 0.544. The highest BCUT2D eigenvalue weighted by atomic mass is 32.2. The van der Waals surface area contributed by atoms with Crippen LogP contribution in [0.1, 0.15) is 5.56 Å². The molecule has 4 rings (SSSR count). The molecule has 0 aliphatic carbocycles. The smallest absolute Gasteiger partial charge is 0.325 e. The van der Waals surface area contributed by atoms with Crippen LogP contribution in [-0.2, 0) is 20.9 Å². The van der Waals surface area contributed by atoms with Crippen molar-refractivity contribution in [1.29, 1.82) is 0 Å². The molecule has 2 heterocycles. The zero-order valence-corrected chi connectivity index (χ0v) is 15.9. The first kappa shape index (κ1) is 18.1. The van der Waals surface area contributed by atoms with Crippen molar-refractivity contribution in [2.24, 2.45) is 4.99 Å². The second-order valence-corrected chi connectivity index (χ2v) is 7.15. The van der Waals surface area contributed by atoms with Gasteiger partial charge in [-0.15, -0.1) is 0 Å². The summed E-state index contributed by atoms with van der Waals surface area (Å²) in [5, 5.41) is 4.30. The molecule has 0 spiro atoms. The van der Waals surface area contributed by atoms with Gasteiger partial charge in [-0.1, -0.05) is 36.4 Å². The minimum atomic E-state index is -0.328. The number of rotatable bonds is 4. The standard InChI is InChI=1S/C21H17N3O3S/c1-27-19(25)13-24-12-14(16-9-5-6-10-17(16)24)11-18-20(26)23-21(28-18)22-15-7-3-2-4-8-15/h2-12H,13H2,1H3,(H,22,23,26). The van der Waals surface area contributed by atoms with Gasteiger partial charge >= 0.3 is 5.97 Å². The fourth-order valence-electron chi connectivity index (χ4n) is 2.97. The van der Waals surface area contributed by atoms with Gasteiger partial charge in [0.15, 0.2) is 5.17 Å². The number of hydrogen-bond acceptors (Lipinski definition) is 5. The fourth-order valence-corrected chi connectivity index (χ4v) is 3.80. The third-order valence-electron chi connectivity index (χ3n) is 4.27. The minimum absolute atomic E-state index is 0.111. The first-order chi connectivity index (χ1) is 13.6. The second-order valence-electron chi connectivity index (χ2n) is 6.12. The molecule has 140 valence electrons. The van der Waals surface area contributed by atoms with Gasteiger partial charge in [-0.2, -0.15) is 0 Å². The Kier molecular flexibility index (Phi) is 4.99. The summed E-state index contributed by atoms with van der Waals surface area (Å²) in [7, 11) is 1.37. The van der Waals surface area contributed by atoms with E-state index in [9.17, 15) is 9.59 Å². The molecule has 1 aliphatic rings. The van der Waals surface area contributed by atoms with Crippen molar-refractivity contribution in [3.8, 4) is 0 Å². The number of ether oxygens (including phenoxy) is 1. The second kappa shape index (κ2) is 7.74. The first-order valence-corrected chi connectivity index (χ1v) is 9.45. The summed E-state index contributed by atoms with van der Waals surface area (Å²) in [6.07, 6.45) is 3.68. The van der Waals surface area contributed by atoms with Crippen molar-refractivity contribution in [2.75, 3.05) is 7.11 Å². The highest BCUT2D eigenvalue weighted by Crippen LogP contribution is 2.31. The average molecular weight is 391 g/mol. The Morgan fingerprint density at radius 2 is 1.93 bits per heavy atom. The number of amides is 1. The van der Waals surface area contributed by atoms with E-state index < -0.39 is 0 Å². The predicted molar refractivity (Wildman–Crippen MR) is 111 cm³/mol. The highest BCUT2D eigenvalue weighted by molar-refractivity contribution is 8.18. The van der Waals surface area contributed by atoms with Crippen LogP contribution in [0.5, 0.6) is 0 Å². The average Bonchev–Trinajstić information content (AvgIpc) is 3.23. The van der Waals surface area contributed by atoms with Crippen molar-refractivity contribution in [3.63, 3.8) is 0 Å². The summed E-state index contributed by atoms with van der Waals surface area (Å²) < 4.78 is 6.60. The Balaban J connectivity index is 1.67. The molecule has 1 N–H and O–H groups in total. The lowest BCUT2D eigenvalue weighted by Gasteiger charge is -2.02. The molecule has 1 fully saturated rings. The van der Waals surface area contributed by atoms with Crippen molar-refractivity contribution in [3.05, 3.63) is 71.3 Å². The number of methoxy groups -OCH3 is 1. The zero-order chi connectivity index (χ0) is 19.5. The Morgan fingerprint density at radius 1 is 1.18 bits per heavy atom. The lowest BCUT2D eigenvalue weighted by Crippen LogP contribution is -2.19. The number of nitrogens with one attached hydrogen (secondary N) is 1. The molecule has 0 saturated carbocycles. The number of carbonyl (C=O) groups is 2. The first-order valence-electron chi connectivity index (χ1n) is 8.63. The molecule has 0 unspecified atom stereocenters. The van der Waals surface area contributed by atoms with Gasteiger partial charge in [-0.25, -0.2) is 4.99 Å². The number of hydrogen-bond donors (Lipinski definition) is 1. The van der Waals surface area contributed by atoms with Crippen LogP contribution in [0.2, 0.25) is 0 Å². The predicted octanol–water partition coefficient (Wildman–Crippen LogP) is 3.71. The van der Waals surface area contributed by atoms with E-state index in [1.165, 1.54) is 18.9 Å². The number of para-hydroxylation sites is 2. The number of nitrogens with zero attached hydrogens (tertiary/aromatic N) is 2. The molecule has 0 radical (unpaired) electrons. The molecule has 1 amide bonds. The highest BCUT2D eigenvalue weighted by Gasteiger charge is 2.24. The number of aromatic nitrogens is 1. The lowest BCUT2D eigenvalue weighted by atomic mass is 10.1. The summed E-state index contributed by atoms with van der Waals surface area (Å²) in [5.41, 5.74) is 2.54. The largest absolute Gasteiger partial charge is 0.468 e. The number of aliphatic imine (C=N–C) groups is 1. The van der Waals surface area contributed by atoms with E-state index in [2.05, 4.69) is 10.3 Å². The lowest BCUT2D eigenvalue weighted by molar-refractivity contribution is -0.141. The summed E-state index contributed by atoms with van der Waals surface area (Å²) in [6.45, 7) is 0.111. The van der Waals surface area contributed by atoms with E-state index in [4.69, 9.17) is 4.74 Å². The number of amidine groups is 1. The zero-order valence-electron chi connectivity index (χ0n) is 15.1. The topological polar surface area (TPSA) is 72.7 Å². The maximum atomic E-state index is 12.4. The van der Waals surface area contributed by atoms with Crippen LogP contribution in [0.25, 0.3) is 17.0 Å². The van der Waals surface area contributed by atoms with Gasteiger partial charge in [0.25, 0.3) is 5.91 Å². The normalized spacial score (nSPS) is 16.7. The molecular weight excluding hydrogens is 374 g/mol. The molecule has 1 aliphatic heterocycles. The number of benzene rings is 2. The van der Waals surface area contributed by atoms with Crippen LogP contribution in [0.3, 0.4) is 0 Å². The van der Waals surface area contributed by atoms with E-state index in [1.54, 1.807) is 0 Å². The van der Waals surface area contributed by atoms with Crippen LogP contribution in [-0.4, -0.2) is 28.7 Å².